The second kappa shape index (κ2) is 8.18. The molecular weight excluding hydrogens is 410 g/mol. The van der Waals surface area contributed by atoms with Gasteiger partial charge in [-0.3, -0.25) is 14.6 Å². The fraction of sp³-hybridized carbons (Fsp3) is 0.150. The number of hydrogen-bond donors (Lipinski definition) is 1. The summed E-state index contributed by atoms with van der Waals surface area (Å²) in [5.41, 5.74) is 2.74. The Morgan fingerprint density at radius 2 is 1.83 bits per heavy atom. The van der Waals surface area contributed by atoms with Crippen molar-refractivity contribution < 1.29 is 4.79 Å². The molecule has 2 aromatic heterocycles. The zero-order chi connectivity index (χ0) is 20.4. The van der Waals surface area contributed by atoms with E-state index < -0.39 is 0 Å². The van der Waals surface area contributed by atoms with E-state index in [9.17, 15) is 9.59 Å². The van der Waals surface area contributed by atoms with Crippen LogP contribution < -0.4 is 5.56 Å². The number of benzene rings is 2. The Bertz CT molecular complexity index is 1230. The second-order valence-corrected chi connectivity index (χ2v) is 7.88. The van der Waals surface area contributed by atoms with Gasteiger partial charge in [0.25, 0.3) is 11.3 Å². The minimum absolute atomic E-state index is 0.0623. The third-order valence-corrected chi connectivity index (χ3v) is 5.48. The highest BCUT2D eigenvalue weighted by Crippen LogP contribution is 2.18. The number of thioether (sulfide) groups is 1. The molecule has 146 valence electrons. The Balaban J connectivity index is 1.55. The van der Waals surface area contributed by atoms with E-state index in [1.54, 1.807) is 24.3 Å². The van der Waals surface area contributed by atoms with Gasteiger partial charge >= 0.3 is 0 Å². The van der Waals surface area contributed by atoms with E-state index in [0.717, 1.165) is 11.1 Å². The van der Waals surface area contributed by atoms with Crippen molar-refractivity contribution in [3.63, 3.8) is 0 Å². The number of Topliss-reactive ketones (excluding diaryl/α,β-unsaturated/α-hetero) is 1. The lowest BCUT2D eigenvalue weighted by Crippen LogP contribution is -2.19. The summed E-state index contributed by atoms with van der Waals surface area (Å²) >= 11 is 7.07. The van der Waals surface area contributed by atoms with E-state index in [4.69, 9.17) is 11.6 Å². The van der Waals surface area contributed by atoms with Crippen LogP contribution in [0.25, 0.3) is 5.78 Å². The zero-order valence-electron chi connectivity index (χ0n) is 15.4. The standard InChI is InChI=1S/C20H16ClN5O2S/c1-12-2-4-13(5-3-12)10-16-18(28)22-19-23-24-20(26(19)25-16)29-11-17(27)14-6-8-15(21)9-7-14/h2-9H,10-11H2,1H3,(H,22,23,28). The Kier molecular flexibility index (Phi) is 5.46. The fourth-order valence-electron chi connectivity index (χ4n) is 2.73. The zero-order valence-corrected chi connectivity index (χ0v) is 17.0. The maximum Gasteiger partial charge on any atom is 0.274 e. The molecule has 0 amide bonds. The average Bonchev–Trinajstić information content (AvgIpc) is 3.10. The number of aromatic amines is 1. The largest absolute Gasteiger partial charge is 0.293 e. The maximum absolute atomic E-state index is 12.4. The van der Waals surface area contributed by atoms with Crippen LogP contribution in [-0.2, 0) is 6.42 Å². The number of hydrogen-bond acceptors (Lipinski definition) is 6. The molecule has 0 fully saturated rings. The number of rotatable bonds is 6. The first kappa shape index (κ1) is 19.4. The molecule has 0 bridgehead atoms. The number of aromatic nitrogens is 5. The lowest BCUT2D eigenvalue weighted by Gasteiger charge is -2.03. The van der Waals surface area contributed by atoms with Crippen molar-refractivity contribution in [3.05, 3.63) is 86.3 Å². The van der Waals surface area contributed by atoms with Crippen molar-refractivity contribution in [1.82, 2.24) is 24.8 Å². The summed E-state index contributed by atoms with van der Waals surface area (Å²) in [5, 5.41) is 13.4. The number of fused-ring (bicyclic) bond motifs is 1. The van der Waals surface area contributed by atoms with E-state index in [0.29, 0.717) is 27.9 Å². The highest BCUT2D eigenvalue weighted by molar-refractivity contribution is 7.99. The van der Waals surface area contributed by atoms with Crippen molar-refractivity contribution in [2.24, 2.45) is 0 Å². The number of carbonyl (C=O) groups is 1. The molecule has 4 aromatic rings. The lowest BCUT2D eigenvalue weighted by atomic mass is 10.1. The summed E-state index contributed by atoms with van der Waals surface area (Å²) in [6.45, 7) is 2.01. The van der Waals surface area contributed by atoms with E-state index >= 15 is 0 Å². The molecular formula is C20H16ClN5O2S. The minimum atomic E-state index is -0.306. The molecule has 2 aromatic carbocycles. The Morgan fingerprint density at radius 3 is 2.55 bits per heavy atom. The van der Waals surface area contributed by atoms with Crippen LogP contribution in [0.1, 0.15) is 27.2 Å². The van der Waals surface area contributed by atoms with Crippen molar-refractivity contribution in [2.75, 3.05) is 5.75 Å². The van der Waals surface area contributed by atoms with Crippen LogP contribution in [0.2, 0.25) is 5.02 Å². The van der Waals surface area contributed by atoms with Gasteiger partial charge in [-0.15, -0.1) is 10.2 Å². The molecule has 0 spiro atoms. The molecule has 9 heteroatoms. The van der Waals surface area contributed by atoms with Crippen LogP contribution in [0, 0.1) is 6.92 Å². The molecule has 29 heavy (non-hydrogen) atoms. The van der Waals surface area contributed by atoms with Crippen molar-refractivity contribution in [3.8, 4) is 0 Å². The Hall–Kier alpha value is -2.97. The van der Waals surface area contributed by atoms with E-state index in [1.165, 1.54) is 16.3 Å². The first-order valence-electron chi connectivity index (χ1n) is 8.81. The first-order chi connectivity index (χ1) is 14.0. The SMILES string of the molecule is Cc1ccc(Cc2nn3c(SCC(=O)c4ccc(Cl)cc4)nnc3[nH]c2=O)cc1. The molecule has 0 atom stereocenters. The predicted molar refractivity (Wildman–Crippen MR) is 112 cm³/mol. The molecule has 0 saturated carbocycles. The summed E-state index contributed by atoms with van der Waals surface area (Å²) in [4.78, 5) is 27.4. The van der Waals surface area contributed by atoms with Gasteiger partial charge < -0.3 is 0 Å². The summed E-state index contributed by atoms with van der Waals surface area (Å²) in [6, 6.07) is 14.6. The van der Waals surface area contributed by atoms with Gasteiger partial charge in [0.2, 0.25) is 5.16 Å². The average molecular weight is 426 g/mol. The molecule has 4 rings (SSSR count). The molecule has 0 aliphatic heterocycles. The van der Waals surface area contributed by atoms with Crippen molar-refractivity contribution in [1.29, 1.82) is 0 Å². The monoisotopic (exact) mass is 425 g/mol. The van der Waals surface area contributed by atoms with Gasteiger partial charge in [0.05, 0.1) is 5.75 Å². The van der Waals surface area contributed by atoms with Gasteiger partial charge in [-0.25, -0.2) is 0 Å². The molecule has 0 saturated heterocycles. The molecule has 0 aliphatic rings. The molecule has 0 aliphatic carbocycles. The van der Waals surface area contributed by atoms with Crippen LogP contribution in [0.5, 0.6) is 0 Å². The van der Waals surface area contributed by atoms with Gasteiger partial charge in [0.1, 0.15) is 5.69 Å². The van der Waals surface area contributed by atoms with Crippen LogP contribution in [-0.4, -0.2) is 36.3 Å². The van der Waals surface area contributed by atoms with Gasteiger partial charge in [-0.05, 0) is 36.8 Å². The molecule has 0 radical (unpaired) electrons. The van der Waals surface area contributed by atoms with Gasteiger partial charge in [0, 0.05) is 17.0 Å². The predicted octanol–water partition coefficient (Wildman–Crippen LogP) is 3.34. The number of nitrogens with zero attached hydrogens (tertiary/aromatic N) is 4. The number of ketones is 1. The molecule has 1 N–H and O–H groups in total. The normalized spacial score (nSPS) is 11.1. The highest BCUT2D eigenvalue weighted by atomic mass is 35.5. The van der Waals surface area contributed by atoms with Crippen LogP contribution >= 0.6 is 23.4 Å². The van der Waals surface area contributed by atoms with Crippen molar-refractivity contribution in [2.45, 2.75) is 18.5 Å². The van der Waals surface area contributed by atoms with Crippen LogP contribution in [0.4, 0.5) is 0 Å². The summed E-state index contributed by atoms with van der Waals surface area (Å²) < 4.78 is 1.46. The van der Waals surface area contributed by atoms with Gasteiger partial charge in [-0.2, -0.15) is 9.61 Å². The van der Waals surface area contributed by atoms with E-state index in [2.05, 4.69) is 20.3 Å². The number of nitrogens with one attached hydrogen (secondary N) is 1. The minimum Gasteiger partial charge on any atom is -0.293 e. The fourth-order valence-corrected chi connectivity index (χ4v) is 3.63. The topological polar surface area (TPSA) is 93.0 Å². The first-order valence-corrected chi connectivity index (χ1v) is 10.2. The highest BCUT2D eigenvalue weighted by Gasteiger charge is 2.14. The van der Waals surface area contributed by atoms with Crippen LogP contribution in [0.15, 0.2) is 58.5 Å². The Labute approximate surface area is 175 Å². The molecule has 0 unspecified atom stereocenters. The Morgan fingerprint density at radius 1 is 1.10 bits per heavy atom. The lowest BCUT2D eigenvalue weighted by molar-refractivity contribution is 0.102. The third-order valence-electron chi connectivity index (χ3n) is 4.31. The number of halogens is 1. The van der Waals surface area contributed by atoms with Gasteiger partial charge in [-0.1, -0.05) is 53.2 Å². The molecule has 7 nitrogen and oxygen atoms in total. The van der Waals surface area contributed by atoms with E-state index in [-0.39, 0.29) is 22.9 Å². The molecule has 2 heterocycles. The smallest absolute Gasteiger partial charge is 0.274 e. The maximum atomic E-state index is 12.4. The van der Waals surface area contributed by atoms with Crippen LogP contribution in [0.3, 0.4) is 0 Å². The van der Waals surface area contributed by atoms with E-state index in [1.807, 2.05) is 31.2 Å². The summed E-state index contributed by atoms with van der Waals surface area (Å²) in [7, 11) is 0. The number of aryl methyl sites for hydroxylation is 1. The quantitative estimate of drug-likeness (QED) is 0.376. The van der Waals surface area contributed by atoms with Crippen molar-refractivity contribution >= 4 is 34.9 Å². The number of H-pyrrole nitrogens is 1. The summed E-state index contributed by atoms with van der Waals surface area (Å²) in [6.07, 6.45) is 0.386. The second-order valence-electron chi connectivity index (χ2n) is 6.50. The number of carbonyl (C=O) groups excluding carboxylic acids is 1. The summed E-state index contributed by atoms with van der Waals surface area (Å²) in [5.74, 6) is 0.341. The third kappa shape index (κ3) is 4.38. The van der Waals surface area contributed by atoms with Gasteiger partial charge in [0.15, 0.2) is 5.78 Å².